The summed E-state index contributed by atoms with van der Waals surface area (Å²) in [6, 6.07) is 30.2. The molecule has 6 aromatic carbocycles. The van der Waals surface area contributed by atoms with Gasteiger partial charge in [-0.1, -0.05) is 20.1 Å². The van der Waals surface area contributed by atoms with Gasteiger partial charge in [0, 0.05) is 35.6 Å². The van der Waals surface area contributed by atoms with Gasteiger partial charge in [-0.3, -0.25) is 9.59 Å². The van der Waals surface area contributed by atoms with Crippen LogP contribution in [0.2, 0.25) is 0 Å². The molecule has 1 saturated carbocycles. The Kier molecular flexibility index (Phi) is 21.4. The summed E-state index contributed by atoms with van der Waals surface area (Å²) in [7, 11) is 0. The second-order valence-corrected chi connectivity index (χ2v) is 19.5. The number of benzene rings is 6. The first-order valence-corrected chi connectivity index (χ1v) is 27.6. The third-order valence-corrected chi connectivity index (χ3v) is 13.7. The number of carbonyl (C=O) groups excluding carboxylic acids is 5. The quantitative estimate of drug-likeness (QED) is 0.0103. The fourth-order valence-electron chi connectivity index (χ4n) is 9.38. The highest BCUT2D eigenvalue weighted by Gasteiger charge is 2.32. The van der Waals surface area contributed by atoms with Crippen LogP contribution < -0.4 is 28.4 Å². The Balaban J connectivity index is 0.902. The minimum absolute atomic E-state index is 0.310. The molecule has 80 heavy (non-hydrogen) atoms. The molecular weight excluding hydrogens is 1020 g/mol. The van der Waals surface area contributed by atoms with Gasteiger partial charge in [0.1, 0.15) is 41.1 Å². The van der Waals surface area contributed by atoms with Crippen LogP contribution in [0, 0.1) is 11.8 Å². The number of unbranched alkanes of at least 4 members (excludes halogenated alkanes) is 6. The Bertz CT molecular complexity index is 3280. The molecule has 1 fully saturated rings. The third kappa shape index (κ3) is 16.3. The van der Waals surface area contributed by atoms with Gasteiger partial charge in [0.25, 0.3) is 0 Å². The zero-order chi connectivity index (χ0) is 56.1. The molecule has 0 atom stereocenters. The number of rotatable bonds is 30. The molecule has 418 valence electrons. The third-order valence-electron chi connectivity index (χ3n) is 13.7. The number of esters is 5. The van der Waals surface area contributed by atoms with Gasteiger partial charge in [0.05, 0.1) is 72.5 Å². The summed E-state index contributed by atoms with van der Waals surface area (Å²) in [6.45, 7) is 12.1. The maximum atomic E-state index is 13.8. The summed E-state index contributed by atoms with van der Waals surface area (Å²) >= 11 is 0. The van der Waals surface area contributed by atoms with Crippen LogP contribution in [0.25, 0.3) is 43.6 Å². The van der Waals surface area contributed by atoms with Crippen molar-refractivity contribution in [3.8, 4) is 34.5 Å². The van der Waals surface area contributed by atoms with E-state index in [9.17, 15) is 24.0 Å². The molecule has 7 aromatic rings. The SMILES string of the molecule is C=CC(=O)OCCCCCCOc1ccc(OC(=O)C2CCC(C(=O)Oc3ccc4c5ccc(OC(=O)c6ccc(OCCCCCCOC(=O)C=C)cc6)cc5c5nc6cc(OCCOCCC)ccc6nc5c4c3)CC2)cc1. The Morgan fingerprint density at radius 1 is 0.450 bits per heavy atom. The molecule has 1 aliphatic rings. The van der Waals surface area contributed by atoms with Crippen LogP contribution in [-0.4, -0.2) is 86.1 Å². The van der Waals surface area contributed by atoms with Gasteiger partial charge in [-0.05, 0) is 191 Å². The molecule has 0 radical (unpaired) electrons. The Morgan fingerprint density at radius 3 is 1.44 bits per heavy atom. The number of ether oxygens (including phenoxy) is 9. The van der Waals surface area contributed by atoms with E-state index in [4.69, 9.17) is 52.6 Å². The summed E-state index contributed by atoms with van der Waals surface area (Å²) in [4.78, 5) is 73.2. The van der Waals surface area contributed by atoms with Crippen LogP contribution in [-0.2, 0) is 33.4 Å². The average Bonchev–Trinajstić information content (AvgIpc) is 3.58. The maximum Gasteiger partial charge on any atom is 0.343 e. The second kappa shape index (κ2) is 29.6. The van der Waals surface area contributed by atoms with E-state index in [2.05, 4.69) is 20.1 Å². The average molecular weight is 1090 g/mol. The summed E-state index contributed by atoms with van der Waals surface area (Å²) in [5.41, 5.74) is 2.66. The van der Waals surface area contributed by atoms with Crippen molar-refractivity contribution in [3.63, 3.8) is 0 Å². The lowest BCUT2D eigenvalue weighted by Gasteiger charge is -2.25. The lowest BCUT2D eigenvalue weighted by atomic mass is 9.82. The van der Waals surface area contributed by atoms with Gasteiger partial charge in [0.2, 0.25) is 0 Å². The highest BCUT2D eigenvalue weighted by molar-refractivity contribution is 6.24. The second-order valence-electron chi connectivity index (χ2n) is 19.5. The summed E-state index contributed by atoms with van der Waals surface area (Å²) in [6.07, 6.45) is 12.0. The van der Waals surface area contributed by atoms with Crippen molar-refractivity contribution in [3.05, 3.63) is 134 Å². The minimum atomic E-state index is -0.546. The number of aromatic nitrogens is 2. The number of hydrogen-bond donors (Lipinski definition) is 0. The predicted octanol–water partition coefficient (Wildman–Crippen LogP) is 12.8. The number of carbonyl (C=O) groups is 5. The normalized spacial score (nSPS) is 14.1. The maximum absolute atomic E-state index is 13.8. The molecule has 1 aliphatic carbocycles. The largest absolute Gasteiger partial charge is 0.494 e. The molecule has 0 aliphatic heterocycles. The number of hydrogen-bond acceptors (Lipinski definition) is 16. The lowest BCUT2D eigenvalue weighted by Crippen LogP contribution is -2.30. The van der Waals surface area contributed by atoms with Gasteiger partial charge < -0.3 is 42.6 Å². The van der Waals surface area contributed by atoms with Crippen LogP contribution in [0.1, 0.15) is 101 Å². The monoisotopic (exact) mass is 1090 g/mol. The van der Waals surface area contributed by atoms with E-state index in [-0.39, 0.29) is 17.9 Å². The molecular formula is C64H68N2O14. The van der Waals surface area contributed by atoms with E-state index in [1.807, 2.05) is 36.4 Å². The Morgan fingerprint density at radius 2 is 0.900 bits per heavy atom. The zero-order valence-corrected chi connectivity index (χ0v) is 45.3. The van der Waals surface area contributed by atoms with Crippen molar-refractivity contribution in [2.24, 2.45) is 11.8 Å². The van der Waals surface area contributed by atoms with Crippen LogP contribution in [0.5, 0.6) is 34.5 Å². The van der Waals surface area contributed by atoms with Crippen molar-refractivity contribution in [2.45, 2.75) is 90.4 Å². The van der Waals surface area contributed by atoms with E-state index < -0.39 is 23.8 Å². The van der Waals surface area contributed by atoms with Gasteiger partial charge >= 0.3 is 29.8 Å². The number of fused-ring (bicyclic) bond motifs is 7. The lowest BCUT2D eigenvalue weighted by molar-refractivity contribution is -0.145. The first-order chi connectivity index (χ1) is 39.1. The van der Waals surface area contributed by atoms with Crippen molar-refractivity contribution < 1.29 is 66.6 Å². The van der Waals surface area contributed by atoms with E-state index in [0.717, 1.165) is 80.7 Å². The fourth-order valence-corrected chi connectivity index (χ4v) is 9.38. The smallest absolute Gasteiger partial charge is 0.343 e. The number of nitrogens with zero attached hydrogens (tertiary/aromatic N) is 2. The van der Waals surface area contributed by atoms with E-state index in [1.54, 1.807) is 66.7 Å². The highest BCUT2D eigenvalue weighted by atomic mass is 16.6. The van der Waals surface area contributed by atoms with Gasteiger partial charge in [-0.15, -0.1) is 0 Å². The topological polar surface area (TPSA) is 194 Å². The molecule has 0 spiro atoms. The fraction of sp³-hybridized carbons (Fsp3) is 0.359. The van der Waals surface area contributed by atoms with Crippen LogP contribution in [0.4, 0.5) is 0 Å². The van der Waals surface area contributed by atoms with E-state index in [0.29, 0.717) is 145 Å². The molecule has 0 amide bonds. The van der Waals surface area contributed by atoms with E-state index in [1.165, 1.54) is 0 Å². The van der Waals surface area contributed by atoms with Crippen molar-refractivity contribution in [1.82, 2.24) is 9.97 Å². The predicted molar refractivity (Wildman–Crippen MR) is 303 cm³/mol. The molecule has 0 N–H and O–H groups in total. The molecule has 0 saturated heterocycles. The van der Waals surface area contributed by atoms with Crippen LogP contribution in [0.3, 0.4) is 0 Å². The summed E-state index contributed by atoms with van der Waals surface area (Å²) in [5, 5.41) is 3.05. The summed E-state index contributed by atoms with van der Waals surface area (Å²) in [5.74, 6) is 0.145. The molecule has 8 rings (SSSR count). The van der Waals surface area contributed by atoms with Crippen molar-refractivity contribution >= 4 is 73.5 Å². The standard InChI is InChI=1S/C64H68N2O14/c1-4-33-72-38-39-75-49-29-32-56-57(42-49)66-61-55-41-51(80-64(71)45-19-21-46(22-20-45)73-34-11-7-9-13-36-76-58(67)5-2)28-31-53(55)52-30-27-50(40-54(52)60(61)65-56)79-63(70)44-17-15-43(16-18-44)62(69)78-48-25-23-47(24-26-48)74-35-12-8-10-14-37-77-59(68)6-3/h5-6,19-32,40-44H,2-4,7-18,33-39H2,1H3. The molecule has 16 nitrogen and oxygen atoms in total. The minimum Gasteiger partial charge on any atom is -0.494 e. The molecule has 0 bridgehead atoms. The molecule has 1 heterocycles. The molecule has 1 aromatic heterocycles. The highest BCUT2D eigenvalue weighted by Crippen LogP contribution is 2.39. The first-order valence-electron chi connectivity index (χ1n) is 27.6. The van der Waals surface area contributed by atoms with E-state index >= 15 is 0 Å². The van der Waals surface area contributed by atoms with Crippen LogP contribution in [0.15, 0.2) is 128 Å². The van der Waals surface area contributed by atoms with Gasteiger partial charge in [-0.25, -0.2) is 24.4 Å². The van der Waals surface area contributed by atoms with Crippen molar-refractivity contribution in [1.29, 1.82) is 0 Å². The van der Waals surface area contributed by atoms with Crippen LogP contribution >= 0.6 is 0 Å². The molecule has 16 heteroatoms. The summed E-state index contributed by atoms with van der Waals surface area (Å²) < 4.78 is 51.1. The molecule has 0 unspecified atom stereocenters. The van der Waals surface area contributed by atoms with Gasteiger partial charge in [-0.2, -0.15) is 0 Å². The zero-order valence-electron chi connectivity index (χ0n) is 45.3. The Labute approximate surface area is 465 Å². The van der Waals surface area contributed by atoms with Gasteiger partial charge in [0.15, 0.2) is 0 Å². The van der Waals surface area contributed by atoms with Crippen molar-refractivity contribution in [2.75, 3.05) is 46.2 Å². The first kappa shape index (κ1) is 57.8. The Hall–Kier alpha value is -8.37.